The Bertz CT molecular complexity index is 687. The van der Waals surface area contributed by atoms with Crippen LogP contribution in [0.15, 0.2) is 18.2 Å². The van der Waals surface area contributed by atoms with Gasteiger partial charge in [0.15, 0.2) is 0 Å². The van der Waals surface area contributed by atoms with Gasteiger partial charge in [0.25, 0.3) is 10.2 Å². The molecule has 5 nitrogen and oxygen atoms in total. The van der Waals surface area contributed by atoms with Crippen molar-refractivity contribution in [1.82, 2.24) is 13.9 Å². The van der Waals surface area contributed by atoms with Gasteiger partial charge in [-0.05, 0) is 49.9 Å². The van der Waals surface area contributed by atoms with Gasteiger partial charge in [-0.15, -0.1) is 0 Å². The number of piperidine rings is 1. The predicted molar refractivity (Wildman–Crippen MR) is 92.5 cm³/mol. The van der Waals surface area contributed by atoms with Gasteiger partial charge in [-0.25, -0.2) is 4.39 Å². The van der Waals surface area contributed by atoms with Crippen LogP contribution in [0.5, 0.6) is 0 Å². The van der Waals surface area contributed by atoms with Crippen LogP contribution >= 0.6 is 11.6 Å². The zero-order valence-corrected chi connectivity index (χ0v) is 15.3. The molecule has 2 aliphatic heterocycles. The van der Waals surface area contributed by atoms with Crippen LogP contribution in [-0.4, -0.2) is 50.3 Å². The Morgan fingerprint density at radius 3 is 2.71 bits per heavy atom. The van der Waals surface area contributed by atoms with E-state index < -0.39 is 16.0 Å². The third kappa shape index (κ3) is 3.46. The summed E-state index contributed by atoms with van der Waals surface area (Å²) in [7, 11) is -2.15. The van der Waals surface area contributed by atoms with Crippen LogP contribution in [0.3, 0.4) is 0 Å². The van der Waals surface area contributed by atoms with E-state index in [2.05, 4.69) is 5.32 Å². The monoisotopic (exact) mass is 375 g/mol. The van der Waals surface area contributed by atoms with Crippen molar-refractivity contribution < 1.29 is 12.8 Å². The lowest BCUT2D eigenvalue weighted by atomic mass is 9.78. The van der Waals surface area contributed by atoms with Crippen LogP contribution in [0.1, 0.15) is 24.8 Å². The molecule has 0 radical (unpaired) electrons. The fraction of sp³-hybridized carbons (Fsp3) is 0.625. The normalized spacial score (nSPS) is 21.7. The van der Waals surface area contributed by atoms with Gasteiger partial charge in [0, 0.05) is 37.3 Å². The number of rotatable bonds is 4. The van der Waals surface area contributed by atoms with E-state index in [-0.39, 0.29) is 22.5 Å². The highest BCUT2D eigenvalue weighted by Crippen LogP contribution is 2.40. The molecule has 1 aromatic rings. The Kier molecular flexibility index (Phi) is 5.18. The molecule has 8 heteroatoms. The van der Waals surface area contributed by atoms with Gasteiger partial charge in [0.1, 0.15) is 5.82 Å². The summed E-state index contributed by atoms with van der Waals surface area (Å²) in [4.78, 5) is 0. The first-order valence-electron chi connectivity index (χ1n) is 8.19. The van der Waals surface area contributed by atoms with Crippen molar-refractivity contribution in [2.24, 2.45) is 5.41 Å². The lowest BCUT2D eigenvalue weighted by Gasteiger charge is -2.34. The molecule has 0 saturated carbocycles. The van der Waals surface area contributed by atoms with Crippen LogP contribution in [0.2, 0.25) is 5.02 Å². The number of nitrogens with zero attached hydrogens (tertiary/aromatic N) is 2. The zero-order valence-electron chi connectivity index (χ0n) is 13.8. The van der Waals surface area contributed by atoms with Gasteiger partial charge in [-0.3, -0.25) is 0 Å². The number of hydrogen-bond donors (Lipinski definition) is 1. The fourth-order valence-electron chi connectivity index (χ4n) is 3.64. The molecule has 2 fully saturated rings. The molecular formula is C16H23ClFN3O2S. The minimum Gasteiger partial charge on any atom is -0.317 e. The van der Waals surface area contributed by atoms with E-state index in [1.165, 1.54) is 27.8 Å². The first-order valence-corrected chi connectivity index (χ1v) is 9.97. The van der Waals surface area contributed by atoms with Crippen LogP contribution in [0.4, 0.5) is 4.39 Å². The zero-order chi connectivity index (χ0) is 17.4. The molecule has 2 heterocycles. The van der Waals surface area contributed by atoms with Crippen LogP contribution in [0, 0.1) is 11.2 Å². The lowest BCUT2D eigenvalue weighted by Crippen LogP contribution is -2.43. The number of halogens is 2. The Morgan fingerprint density at radius 1 is 1.33 bits per heavy atom. The molecule has 134 valence electrons. The lowest BCUT2D eigenvalue weighted by molar-refractivity contribution is 0.216. The highest BCUT2D eigenvalue weighted by atomic mass is 35.5. The van der Waals surface area contributed by atoms with Crippen molar-refractivity contribution in [3.8, 4) is 0 Å². The molecule has 0 aliphatic carbocycles. The van der Waals surface area contributed by atoms with Gasteiger partial charge in [0.05, 0.1) is 0 Å². The van der Waals surface area contributed by atoms with Crippen molar-refractivity contribution in [2.75, 3.05) is 33.2 Å². The van der Waals surface area contributed by atoms with E-state index in [0.717, 1.165) is 32.4 Å². The van der Waals surface area contributed by atoms with Crippen LogP contribution in [-0.2, 0) is 16.8 Å². The van der Waals surface area contributed by atoms with Crippen molar-refractivity contribution in [2.45, 2.75) is 25.8 Å². The molecule has 1 aromatic carbocycles. The van der Waals surface area contributed by atoms with E-state index in [4.69, 9.17) is 11.6 Å². The average molecular weight is 376 g/mol. The van der Waals surface area contributed by atoms with Crippen molar-refractivity contribution in [3.05, 3.63) is 34.6 Å². The van der Waals surface area contributed by atoms with Gasteiger partial charge in [-0.2, -0.15) is 17.0 Å². The standard InChI is InChI=1S/C16H23ClFN3O2S/c1-20(11-13-14(17)3-2-4-15(13)18)24(22,23)21-10-7-16(12-21)5-8-19-9-6-16/h2-4,19H,5-12H2,1H3. The molecule has 0 bridgehead atoms. The molecule has 2 aliphatic rings. The van der Waals surface area contributed by atoms with E-state index in [9.17, 15) is 12.8 Å². The Morgan fingerprint density at radius 2 is 2.04 bits per heavy atom. The van der Waals surface area contributed by atoms with Crippen molar-refractivity contribution in [1.29, 1.82) is 0 Å². The smallest absolute Gasteiger partial charge is 0.282 e. The summed E-state index contributed by atoms with van der Waals surface area (Å²) in [6, 6.07) is 4.37. The van der Waals surface area contributed by atoms with Crippen molar-refractivity contribution in [3.63, 3.8) is 0 Å². The molecule has 0 atom stereocenters. The first kappa shape index (κ1) is 18.1. The summed E-state index contributed by atoms with van der Waals surface area (Å²) in [5.74, 6) is -0.485. The predicted octanol–water partition coefficient (Wildman–Crippen LogP) is 2.23. The summed E-state index contributed by atoms with van der Waals surface area (Å²) in [6.45, 7) is 2.88. The highest BCUT2D eigenvalue weighted by molar-refractivity contribution is 7.86. The molecule has 0 unspecified atom stereocenters. The van der Waals surface area contributed by atoms with Gasteiger partial charge >= 0.3 is 0 Å². The van der Waals surface area contributed by atoms with Crippen LogP contribution < -0.4 is 5.32 Å². The molecule has 2 saturated heterocycles. The number of benzene rings is 1. The second-order valence-electron chi connectivity index (χ2n) is 6.80. The number of hydrogen-bond acceptors (Lipinski definition) is 3. The van der Waals surface area contributed by atoms with E-state index >= 15 is 0 Å². The molecular weight excluding hydrogens is 353 g/mol. The molecule has 1 N–H and O–H groups in total. The average Bonchev–Trinajstić information content (AvgIpc) is 2.96. The van der Waals surface area contributed by atoms with Crippen molar-refractivity contribution >= 4 is 21.8 Å². The Hall–Kier alpha value is -0.730. The molecule has 3 rings (SSSR count). The molecule has 0 amide bonds. The summed E-state index contributed by atoms with van der Waals surface area (Å²) in [6.07, 6.45) is 2.89. The van der Waals surface area contributed by atoms with Gasteiger partial charge in [-0.1, -0.05) is 17.7 Å². The Balaban J connectivity index is 1.73. The summed E-state index contributed by atoms with van der Waals surface area (Å²) < 4.78 is 42.4. The second kappa shape index (κ2) is 6.88. The topological polar surface area (TPSA) is 52.7 Å². The maximum Gasteiger partial charge on any atom is 0.282 e. The third-order valence-corrected chi connectivity index (χ3v) is 7.47. The molecule has 0 aromatic heterocycles. The maximum atomic E-state index is 13.9. The molecule has 1 spiro atoms. The van der Waals surface area contributed by atoms with E-state index in [1.54, 1.807) is 6.07 Å². The first-order chi connectivity index (χ1) is 11.3. The van der Waals surface area contributed by atoms with E-state index in [1.807, 2.05) is 0 Å². The minimum atomic E-state index is -3.62. The van der Waals surface area contributed by atoms with Gasteiger partial charge < -0.3 is 5.32 Å². The van der Waals surface area contributed by atoms with Gasteiger partial charge in [0.2, 0.25) is 0 Å². The third-order valence-electron chi connectivity index (χ3n) is 5.23. The second-order valence-corrected chi connectivity index (χ2v) is 9.24. The maximum absolute atomic E-state index is 13.9. The van der Waals surface area contributed by atoms with Crippen LogP contribution in [0.25, 0.3) is 0 Å². The number of nitrogens with one attached hydrogen (secondary N) is 1. The minimum absolute atomic E-state index is 0.0705. The molecule has 24 heavy (non-hydrogen) atoms. The fourth-order valence-corrected chi connectivity index (χ4v) is 5.31. The summed E-state index contributed by atoms with van der Waals surface area (Å²) in [5.41, 5.74) is 0.301. The summed E-state index contributed by atoms with van der Waals surface area (Å²) in [5, 5.41) is 3.57. The largest absolute Gasteiger partial charge is 0.317 e. The highest BCUT2D eigenvalue weighted by Gasteiger charge is 2.44. The van der Waals surface area contributed by atoms with E-state index in [0.29, 0.717) is 13.1 Å². The SMILES string of the molecule is CN(Cc1c(F)cccc1Cl)S(=O)(=O)N1CCC2(CCNCC2)C1. The summed E-state index contributed by atoms with van der Waals surface area (Å²) >= 11 is 6.02. The Labute approximate surface area is 148 Å². The quantitative estimate of drug-likeness (QED) is 0.878.